The van der Waals surface area contributed by atoms with Crippen LogP contribution in [0, 0.1) is 0 Å². The lowest BCUT2D eigenvalue weighted by molar-refractivity contribution is 0.211. The molecule has 3 rings (SSSR count). The number of anilines is 1. The van der Waals surface area contributed by atoms with Gasteiger partial charge in [-0.15, -0.1) is 0 Å². The monoisotopic (exact) mass is 411 g/mol. The highest BCUT2D eigenvalue weighted by molar-refractivity contribution is 6.35. The summed E-state index contributed by atoms with van der Waals surface area (Å²) in [6.45, 7) is 4.00. The van der Waals surface area contributed by atoms with E-state index in [1.807, 2.05) is 29.2 Å². The molecule has 0 unspecified atom stereocenters. The second-order valence-corrected chi connectivity index (χ2v) is 7.58. The summed E-state index contributed by atoms with van der Waals surface area (Å²) in [5, 5.41) is 4.61. The second-order valence-electron chi connectivity index (χ2n) is 6.30. The molecule has 0 aliphatic carbocycles. The Labute approximate surface area is 168 Å². The predicted molar refractivity (Wildman–Crippen MR) is 108 cm³/mol. The van der Waals surface area contributed by atoms with Gasteiger partial charge in [-0.25, -0.2) is 4.79 Å². The largest absolute Gasteiger partial charge is 0.323 e. The molecule has 2 amide bonds. The first-order valence-corrected chi connectivity index (χ1v) is 9.62. The topological polar surface area (TPSA) is 35.6 Å². The molecule has 0 aromatic heterocycles. The molecule has 1 heterocycles. The summed E-state index contributed by atoms with van der Waals surface area (Å²) in [6.07, 6.45) is 0.921. The first-order chi connectivity index (χ1) is 12.5. The number of carbonyl (C=O) groups is 1. The fourth-order valence-corrected chi connectivity index (χ4v) is 3.43. The highest BCUT2D eigenvalue weighted by atomic mass is 35.5. The molecule has 7 heteroatoms. The molecule has 2 aromatic carbocycles. The van der Waals surface area contributed by atoms with Crippen molar-refractivity contribution in [3.8, 4) is 0 Å². The minimum atomic E-state index is -0.150. The van der Waals surface area contributed by atoms with Gasteiger partial charge in [0.05, 0.1) is 10.7 Å². The van der Waals surface area contributed by atoms with Crippen molar-refractivity contribution in [1.29, 1.82) is 0 Å². The van der Waals surface area contributed by atoms with Crippen molar-refractivity contribution in [2.45, 2.75) is 13.0 Å². The van der Waals surface area contributed by atoms with Crippen LogP contribution in [-0.4, -0.2) is 42.0 Å². The standard InChI is InChI=1S/C19H20Cl3N3O/c20-15-4-2-14(3-5-15)13-24-8-1-9-25(11-10-24)19(26)23-18-12-16(21)6-7-17(18)22/h2-7,12H,1,8-11,13H2,(H,23,26). The number of nitrogens with one attached hydrogen (secondary N) is 1. The fraction of sp³-hybridized carbons (Fsp3) is 0.316. The van der Waals surface area contributed by atoms with Gasteiger partial charge in [-0.2, -0.15) is 0 Å². The van der Waals surface area contributed by atoms with Crippen LogP contribution in [0.3, 0.4) is 0 Å². The lowest BCUT2D eigenvalue weighted by atomic mass is 10.2. The van der Waals surface area contributed by atoms with Gasteiger partial charge in [0, 0.05) is 42.8 Å². The first-order valence-electron chi connectivity index (χ1n) is 8.49. The molecule has 1 saturated heterocycles. The summed E-state index contributed by atoms with van der Waals surface area (Å²) in [5.74, 6) is 0. The van der Waals surface area contributed by atoms with E-state index in [2.05, 4.69) is 10.2 Å². The molecule has 0 radical (unpaired) electrons. The first kappa shape index (κ1) is 19.3. The van der Waals surface area contributed by atoms with Crippen LogP contribution in [-0.2, 0) is 6.54 Å². The van der Waals surface area contributed by atoms with E-state index in [9.17, 15) is 4.79 Å². The van der Waals surface area contributed by atoms with Gasteiger partial charge in [-0.3, -0.25) is 4.90 Å². The lowest BCUT2D eigenvalue weighted by Crippen LogP contribution is -2.38. The maximum absolute atomic E-state index is 12.6. The Kier molecular flexibility index (Phi) is 6.65. The number of urea groups is 1. The van der Waals surface area contributed by atoms with Crippen molar-refractivity contribution >= 4 is 46.5 Å². The maximum Gasteiger partial charge on any atom is 0.321 e. The number of nitrogens with zero attached hydrogens (tertiary/aromatic N) is 2. The van der Waals surface area contributed by atoms with Crippen molar-refractivity contribution in [3.05, 3.63) is 63.1 Å². The molecule has 4 nitrogen and oxygen atoms in total. The van der Waals surface area contributed by atoms with Crippen LogP contribution in [0.2, 0.25) is 15.1 Å². The molecule has 1 N–H and O–H groups in total. The molecule has 2 aromatic rings. The number of halogens is 3. The van der Waals surface area contributed by atoms with E-state index in [4.69, 9.17) is 34.8 Å². The van der Waals surface area contributed by atoms with Crippen LogP contribution < -0.4 is 5.32 Å². The average molecular weight is 413 g/mol. The second kappa shape index (κ2) is 8.96. The molecule has 1 fully saturated rings. The van der Waals surface area contributed by atoms with Gasteiger partial charge in [0.1, 0.15) is 0 Å². The Morgan fingerprint density at radius 1 is 0.923 bits per heavy atom. The molecule has 0 spiro atoms. The molecule has 0 saturated carbocycles. The molecule has 0 atom stereocenters. The fourth-order valence-electron chi connectivity index (χ4n) is 2.97. The van der Waals surface area contributed by atoms with Crippen molar-refractivity contribution in [1.82, 2.24) is 9.80 Å². The molecule has 1 aliphatic rings. The Bertz CT molecular complexity index is 767. The third kappa shape index (κ3) is 5.27. The van der Waals surface area contributed by atoms with Gasteiger partial charge in [-0.1, -0.05) is 46.9 Å². The van der Waals surface area contributed by atoms with E-state index in [-0.39, 0.29) is 6.03 Å². The highest BCUT2D eigenvalue weighted by Gasteiger charge is 2.20. The molecular formula is C19H20Cl3N3O. The van der Waals surface area contributed by atoms with Crippen LogP contribution in [0.25, 0.3) is 0 Å². The number of benzene rings is 2. The zero-order valence-electron chi connectivity index (χ0n) is 14.2. The molecule has 26 heavy (non-hydrogen) atoms. The Morgan fingerprint density at radius 2 is 1.65 bits per heavy atom. The summed E-state index contributed by atoms with van der Waals surface area (Å²) in [7, 11) is 0. The summed E-state index contributed by atoms with van der Waals surface area (Å²) < 4.78 is 0. The number of amides is 2. The molecule has 1 aliphatic heterocycles. The van der Waals surface area contributed by atoms with Crippen LogP contribution in [0.4, 0.5) is 10.5 Å². The van der Waals surface area contributed by atoms with Gasteiger partial charge >= 0.3 is 6.03 Å². The summed E-state index contributed by atoms with van der Waals surface area (Å²) in [4.78, 5) is 16.7. The van der Waals surface area contributed by atoms with Crippen LogP contribution >= 0.6 is 34.8 Å². The van der Waals surface area contributed by atoms with Crippen molar-refractivity contribution < 1.29 is 4.79 Å². The average Bonchev–Trinajstić information content (AvgIpc) is 2.86. The van der Waals surface area contributed by atoms with Gasteiger partial charge < -0.3 is 10.2 Å². The van der Waals surface area contributed by atoms with E-state index in [0.717, 1.165) is 31.1 Å². The third-order valence-electron chi connectivity index (χ3n) is 4.37. The minimum Gasteiger partial charge on any atom is -0.323 e. The number of rotatable bonds is 3. The predicted octanol–water partition coefficient (Wildman–Crippen LogP) is 5.39. The Balaban J connectivity index is 1.56. The van der Waals surface area contributed by atoms with Crippen molar-refractivity contribution in [2.75, 3.05) is 31.5 Å². The normalized spacial score (nSPS) is 15.6. The molecule has 138 valence electrons. The van der Waals surface area contributed by atoms with Crippen molar-refractivity contribution in [3.63, 3.8) is 0 Å². The van der Waals surface area contributed by atoms with Crippen molar-refractivity contribution in [2.24, 2.45) is 0 Å². The van der Waals surface area contributed by atoms with Gasteiger partial charge in [0.25, 0.3) is 0 Å². The summed E-state index contributed by atoms with van der Waals surface area (Å²) >= 11 is 18.0. The lowest BCUT2D eigenvalue weighted by Gasteiger charge is -2.22. The van der Waals surface area contributed by atoms with E-state index in [1.54, 1.807) is 18.2 Å². The quantitative estimate of drug-likeness (QED) is 0.734. The van der Waals surface area contributed by atoms with Gasteiger partial charge in [0.2, 0.25) is 0 Å². The summed E-state index contributed by atoms with van der Waals surface area (Å²) in [6, 6.07) is 12.8. The summed E-state index contributed by atoms with van der Waals surface area (Å²) in [5.41, 5.74) is 1.75. The zero-order valence-corrected chi connectivity index (χ0v) is 16.5. The van der Waals surface area contributed by atoms with E-state index in [0.29, 0.717) is 28.8 Å². The Morgan fingerprint density at radius 3 is 2.42 bits per heavy atom. The Hall–Kier alpha value is -1.46. The van der Waals surface area contributed by atoms with E-state index in [1.165, 1.54) is 5.56 Å². The van der Waals surface area contributed by atoms with E-state index >= 15 is 0 Å². The molecular weight excluding hydrogens is 393 g/mol. The van der Waals surface area contributed by atoms with Crippen LogP contribution in [0.15, 0.2) is 42.5 Å². The zero-order chi connectivity index (χ0) is 18.5. The smallest absolute Gasteiger partial charge is 0.321 e. The number of hydrogen-bond acceptors (Lipinski definition) is 2. The maximum atomic E-state index is 12.6. The number of carbonyl (C=O) groups excluding carboxylic acids is 1. The minimum absolute atomic E-state index is 0.150. The third-order valence-corrected chi connectivity index (χ3v) is 5.18. The molecule has 0 bridgehead atoms. The van der Waals surface area contributed by atoms with Gasteiger partial charge in [0.15, 0.2) is 0 Å². The number of hydrogen-bond donors (Lipinski definition) is 1. The van der Waals surface area contributed by atoms with Crippen LogP contribution in [0.1, 0.15) is 12.0 Å². The van der Waals surface area contributed by atoms with Crippen LogP contribution in [0.5, 0.6) is 0 Å². The SMILES string of the molecule is O=C(Nc1cc(Cl)ccc1Cl)N1CCCN(Cc2ccc(Cl)cc2)CC1. The van der Waals surface area contributed by atoms with Gasteiger partial charge in [-0.05, 0) is 42.3 Å². The van der Waals surface area contributed by atoms with E-state index < -0.39 is 0 Å². The highest BCUT2D eigenvalue weighted by Crippen LogP contribution is 2.25.